The summed E-state index contributed by atoms with van der Waals surface area (Å²) in [4.78, 5) is 11.5. The summed E-state index contributed by atoms with van der Waals surface area (Å²) in [5, 5.41) is 21.1. The van der Waals surface area contributed by atoms with Crippen LogP contribution in [0.1, 0.15) is 25.8 Å². The zero-order valence-electron chi connectivity index (χ0n) is 12.2. The van der Waals surface area contributed by atoms with Gasteiger partial charge in [-0.2, -0.15) is 0 Å². The summed E-state index contributed by atoms with van der Waals surface area (Å²) in [5.41, 5.74) is 1.02. The van der Waals surface area contributed by atoms with E-state index in [1.54, 1.807) is 11.6 Å². The first kappa shape index (κ1) is 15.6. The molecule has 1 atom stereocenters. The van der Waals surface area contributed by atoms with Gasteiger partial charge in [-0.25, -0.2) is 4.68 Å². The predicted molar refractivity (Wildman–Crippen MR) is 81.7 cm³/mol. The normalized spacial score (nSPS) is 13.9. The zero-order chi connectivity index (χ0) is 15.6. The number of aromatic nitrogens is 4. The van der Waals surface area contributed by atoms with Gasteiger partial charge >= 0.3 is 5.97 Å². The van der Waals surface area contributed by atoms with Crippen molar-refractivity contribution in [3.8, 4) is 11.4 Å². The Hall–Kier alpha value is -1.76. The number of rotatable bonds is 5. The number of carboxylic acids is 1. The summed E-state index contributed by atoms with van der Waals surface area (Å²) in [6.07, 6.45) is 0.497. The number of hydrogen-bond donors (Lipinski definition) is 1. The SMILES string of the molecule is CCC(C)(Cn1nnnc1-c1cccc(C)c1Br)C(=O)O. The summed E-state index contributed by atoms with van der Waals surface area (Å²) in [6, 6.07) is 5.81. The minimum Gasteiger partial charge on any atom is -0.481 e. The van der Waals surface area contributed by atoms with Crippen LogP contribution in [0.3, 0.4) is 0 Å². The van der Waals surface area contributed by atoms with Crippen molar-refractivity contribution in [2.24, 2.45) is 5.41 Å². The van der Waals surface area contributed by atoms with Crippen LogP contribution in [0.5, 0.6) is 0 Å². The number of halogens is 1. The average molecular weight is 353 g/mol. The monoisotopic (exact) mass is 352 g/mol. The highest BCUT2D eigenvalue weighted by molar-refractivity contribution is 9.10. The lowest BCUT2D eigenvalue weighted by Gasteiger charge is -2.23. The third-order valence-corrected chi connectivity index (χ3v) is 4.81. The van der Waals surface area contributed by atoms with Gasteiger partial charge in [0.1, 0.15) is 0 Å². The molecular weight excluding hydrogens is 336 g/mol. The van der Waals surface area contributed by atoms with Gasteiger partial charge in [0.15, 0.2) is 5.82 Å². The zero-order valence-corrected chi connectivity index (χ0v) is 13.8. The molecule has 112 valence electrons. The van der Waals surface area contributed by atoms with E-state index in [9.17, 15) is 9.90 Å². The molecule has 0 aliphatic rings. The van der Waals surface area contributed by atoms with E-state index in [1.807, 2.05) is 32.0 Å². The van der Waals surface area contributed by atoms with Crippen molar-refractivity contribution in [3.63, 3.8) is 0 Å². The van der Waals surface area contributed by atoms with E-state index < -0.39 is 11.4 Å². The number of carboxylic acid groups (broad SMARTS) is 1. The van der Waals surface area contributed by atoms with E-state index >= 15 is 0 Å². The van der Waals surface area contributed by atoms with Crippen molar-refractivity contribution in [2.75, 3.05) is 0 Å². The molecule has 21 heavy (non-hydrogen) atoms. The molecule has 1 unspecified atom stereocenters. The summed E-state index contributed by atoms with van der Waals surface area (Å²) in [5.74, 6) is -0.291. The molecule has 0 saturated heterocycles. The minimum absolute atomic E-state index is 0.224. The van der Waals surface area contributed by atoms with Gasteiger partial charge in [-0.15, -0.1) is 5.10 Å². The molecule has 2 rings (SSSR count). The van der Waals surface area contributed by atoms with Crippen LogP contribution in [0.2, 0.25) is 0 Å². The fourth-order valence-electron chi connectivity index (χ4n) is 1.99. The lowest BCUT2D eigenvalue weighted by Crippen LogP contribution is -2.32. The second-order valence-electron chi connectivity index (χ2n) is 5.32. The molecule has 0 saturated carbocycles. The first-order valence-electron chi connectivity index (χ1n) is 6.64. The Bertz CT molecular complexity index is 671. The molecule has 0 fully saturated rings. The second-order valence-corrected chi connectivity index (χ2v) is 6.11. The number of tetrazole rings is 1. The van der Waals surface area contributed by atoms with Gasteiger partial charge in [0.25, 0.3) is 0 Å². The van der Waals surface area contributed by atoms with E-state index in [0.29, 0.717) is 12.2 Å². The van der Waals surface area contributed by atoms with Crippen LogP contribution >= 0.6 is 15.9 Å². The Kier molecular flexibility index (Phi) is 4.41. The fourth-order valence-corrected chi connectivity index (χ4v) is 2.43. The van der Waals surface area contributed by atoms with Crippen LogP contribution in [0.25, 0.3) is 11.4 Å². The van der Waals surface area contributed by atoms with Crippen molar-refractivity contribution in [3.05, 3.63) is 28.2 Å². The van der Waals surface area contributed by atoms with Crippen LogP contribution in [0.4, 0.5) is 0 Å². The number of benzene rings is 1. The van der Waals surface area contributed by atoms with Crippen molar-refractivity contribution in [1.82, 2.24) is 20.2 Å². The maximum atomic E-state index is 11.5. The van der Waals surface area contributed by atoms with Crippen molar-refractivity contribution < 1.29 is 9.90 Å². The molecule has 1 heterocycles. The van der Waals surface area contributed by atoms with Gasteiger partial charge < -0.3 is 5.11 Å². The van der Waals surface area contributed by atoms with Crippen LogP contribution in [0, 0.1) is 12.3 Å². The molecular formula is C14H17BrN4O2. The molecule has 1 aromatic heterocycles. The standard InChI is InChI=1S/C14H17BrN4O2/c1-4-14(3,13(20)21)8-19-12(16-17-18-19)10-7-5-6-9(2)11(10)15/h5-7H,4,8H2,1-3H3,(H,20,21). The van der Waals surface area contributed by atoms with E-state index in [4.69, 9.17) is 0 Å². The Morgan fingerprint density at radius 3 is 2.81 bits per heavy atom. The van der Waals surface area contributed by atoms with Gasteiger partial charge in [0.2, 0.25) is 0 Å². The Labute approximate surface area is 131 Å². The number of carbonyl (C=O) groups is 1. The molecule has 0 bridgehead atoms. The van der Waals surface area contributed by atoms with Crippen molar-refractivity contribution in [2.45, 2.75) is 33.7 Å². The molecule has 0 aliphatic heterocycles. The molecule has 0 aliphatic carbocycles. The summed E-state index contributed by atoms with van der Waals surface area (Å²) in [7, 11) is 0. The Morgan fingerprint density at radius 2 is 2.19 bits per heavy atom. The maximum Gasteiger partial charge on any atom is 0.311 e. The maximum absolute atomic E-state index is 11.5. The topological polar surface area (TPSA) is 80.9 Å². The minimum atomic E-state index is -0.902. The Morgan fingerprint density at radius 1 is 1.48 bits per heavy atom. The molecule has 2 aromatic rings. The first-order valence-corrected chi connectivity index (χ1v) is 7.43. The number of nitrogens with zero attached hydrogens (tertiary/aromatic N) is 4. The second kappa shape index (κ2) is 5.93. The van der Waals surface area contributed by atoms with E-state index in [-0.39, 0.29) is 6.54 Å². The average Bonchev–Trinajstić information content (AvgIpc) is 2.89. The summed E-state index contributed by atoms with van der Waals surface area (Å²) < 4.78 is 2.46. The van der Waals surface area contributed by atoms with Gasteiger partial charge in [0.05, 0.1) is 12.0 Å². The summed E-state index contributed by atoms with van der Waals surface area (Å²) >= 11 is 3.54. The van der Waals surface area contributed by atoms with Gasteiger partial charge in [-0.3, -0.25) is 4.79 Å². The molecule has 7 heteroatoms. The van der Waals surface area contributed by atoms with Crippen molar-refractivity contribution >= 4 is 21.9 Å². The molecule has 0 spiro atoms. The lowest BCUT2D eigenvalue weighted by molar-refractivity contribution is -0.149. The Balaban J connectivity index is 2.44. The van der Waals surface area contributed by atoms with Crippen LogP contribution in [-0.4, -0.2) is 31.3 Å². The van der Waals surface area contributed by atoms with E-state index in [0.717, 1.165) is 15.6 Å². The summed E-state index contributed by atoms with van der Waals surface area (Å²) in [6.45, 7) is 5.75. The number of aliphatic carboxylic acids is 1. The molecule has 6 nitrogen and oxygen atoms in total. The quantitative estimate of drug-likeness (QED) is 0.894. The van der Waals surface area contributed by atoms with Crippen LogP contribution < -0.4 is 0 Å². The van der Waals surface area contributed by atoms with E-state index in [2.05, 4.69) is 31.5 Å². The highest BCUT2D eigenvalue weighted by atomic mass is 79.9. The van der Waals surface area contributed by atoms with Crippen LogP contribution in [0.15, 0.2) is 22.7 Å². The lowest BCUT2D eigenvalue weighted by atomic mass is 9.88. The highest BCUT2D eigenvalue weighted by Gasteiger charge is 2.33. The molecule has 0 radical (unpaired) electrons. The third kappa shape index (κ3) is 2.97. The third-order valence-electron chi connectivity index (χ3n) is 3.76. The smallest absolute Gasteiger partial charge is 0.311 e. The first-order chi connectivity index (χ1) is 9.89. The number of aryl methyl sites for hydroxylation is 1. The fraction of sp³-hybridized carbons (Fsp3) is 0.429. The van der Waals surface area contributed by atoms with Crippen LogP contribution in [-0.2, 0) is 11.3 Å². The largest absolute Gasteiger partial charge is 0.481 e. The van der Waals surface area contributed by atoms with Gasteiger partial charge in [0, 0.05) is 10.0 Å². The van der Waals surface area contributed by atoms with E-state index in [1.165, 1.54) is 0 Å². The molecule has 0 amide bonds. The van der Waals surface area contributed by atoms with Gasteiger partial charge in [-0.05, 0) is 58.3 Å². The highest BCUT2D eigenvalue weighted by Crippen LogP contribution is 2.31. The number of hydrogen-bond acceptors (Lipinski definition) is 4. The van der Waals surface area contributed by atoms with Crippen molar-refractivity contribution in [1.29, 1.82) is 0 Å². The van der Waals surface area contributed by atoms with Gasteiger partial charge in [-0.1, -0.05) is 19.1 Å². The molecule has 1 aromatic carbocycles. The predicted octanol–water partition coefficient (Wildman–Crippen LogP) is 2.91. The molecule has 1 N–H and O–H groups in total.